The average molecular weight is 621 g/mol. The molecule has 0 heterocycles. The molecule has 0 unspecified atom stereocenters. The van der Waals surface area contributed by atoms with Crippen LogP contribution in [0.3, 0.4) is 0 Å². The van der Waals surface area contributed by atoms with Crippen LogP contribution >= 0.6 is 59.7 Å². The van der Waals surface area contributed by atoms with E-state index in [1.54, 1.807) is 0 Å². The zero-order valence-corrected chi connectivity index (χ0v) is 26.4. The van der Waals surface area contributed by atoms with Gasteiger partial charge in [0.15, 0.2) is 5.12 Å². The summed E-state index contributed by atoms with van der Waals surface area (Å²) in [5, 5.41) is -0.139. The molecule has 0 saturated heterocycles. The van der Waals surface area contributed by atoms with E-state index in [0.29, 0.717) is 23.0 Å². The third-order valence-corrected chi connectivity index (χ3v) is 6.65. The van der Waals surface area contributed by atoms with Crippen LogP contribution in [0.1, 0.15) is 32.6 Å². The highest BCUT2D eigenvalue weighted by atomic mass is 32.2. The van der Waals surface area contributed by atoms with Crippen molar-refractivity contribution in [3.05, 3.63) is 0 Å². The van der Waals surface area contributed by atoms with Crippen LogP contribution < -0.4 is 0 Å². The Morgan fingerprint density at radius 2 is 0.730 bits per heavy atom. The van der Waals surface area contributed by atoms with Gasteiger partial charge in [-0.15, -0.1) is 12.6 Å². The van der Waals surface area contributed by atoms with Crippen LogP contribution in [0, 0.1) is 5.41 Å². The fourth-order valence-electron chi connectivity index (χ4n) is 2.21. The quantitative estimate of drug-likeness (QED) is 0.121. The first kappa shape index (κ1) is 38.4. The van der Waals surface area contributed by atoms with E-state index in [4.69, 9.17) is 18.9 Å². The highest BCUT2D eigenvalue weighted by Gasteiger charge is 2.38. The minimum Gasteiger partial charge on any atom is -0.465 e. The summed E-state index contributed by atoms with van der Waals surface area (Å²) in [5.41, 5.74) is -1.19. The monoisotopic (exact) mass is 620 g/mol. The second-order valence-corrected chi connectivity index (χ2v) is 12.2. The summed E-state index contributed by atoms with van der Waals surface area (Å²) >= 11 is 9.38. The Balaban J connectivity index is 0. The maximum Gasteiger partial charge on any atom is 0.306 e. The smallest absolute Gasteiger partial charge is 0.306 e. The Morgan fingerprint density at radius 1 is 0.541 bits per heavy atom. The minimum absolute atomic E-state index is 0.139. The second-order valence-electron chi connectivity index (χ2n) is 7.63. The summed E-state index contributed by atoms with van der Waals surface area (Å²) in [7, 11) is 0. The van der Waals surface area contributed by atoms with E-state index in [1.807, 2.05) is 25.0 Å². The molecule has 0 amide bonds. The van der Waals surface area contributed by atoms with Crippen molar-refractivity contribution in [3.8, 4) is 0 Å². The fourth-order valence-corrected chi connectivity index (χ4v) is 3.70. The van der Waals surface area contributed by atoms with Gasteiger partial charge in [0, 0.05) is 29.9 Å². The van der Waals surface area contributed by atoms with Gasteiger partial charge in [0.2, 0.25) is 0 Å². The Kier molecular flexibility index (Phi) is 26.6. The van der Waals surface area contributed by atoms with Gasteiger partial charge in [0.25, 0.3) is 0 Å². The van der Waals surface area contributed by atoms with E-state index >= 15 is 0 Å². The predicted molar refractivity (Wildman–Crippen MR) is 158 cm³/mol. The highest BCUT2D eigenvalue weighted by Crippen LogP contribution is 2.23. The van der Waals surface area contributed by atoms with E-state index in [0.717, 1.165) is 0 Å². The van der Waals surface area contributed by atoms with E-state index < -0.39 is 29.3 Å². The van der Waals surface area contributed by atoms with Crippen LogP contribution in [0.15, 0.2) is 0 Å². The molecule has 9 nitrogen and oxygen atoms in total. The van der Waals surface area contributed by atoms with Gasteiger partial charge in [-0.05, 0) is 25.0 Å². The fraction of sp³-hybridized carbons (Fsp3) is 0.783. The molecule has 0 spiro atoms. The first-order valence-corrected chi connectivity index (χ1v) is 17.4. The molecule has 0 saturated carbocycles. The Morgan fingerprint density at radius 3 is 0.892 bits per heavy atom. The van der Waals surface area contributed by atoms with Crippen LogP contribution in [0.2, 0.25) is 0 Å². The number of hydrogen-bond donors (Lipinski definition) is 1. The lowest BCUT2D eigenvalue weighted by Gasteiger charge is -2.31. The molecule has 0 aromatic carbocycles. The molecule has 0 rings (SSSR count). The van der Waals surface area contributed by atoms with Crippen LogP contribution in [0.25, 0.3) is 0 Å². The van der Waals surface area contributed by atoms with Gasteiger partial charge in [-0.2, -0.15) is 47.0 Å². The van der Waals surface area contributed by atoms with Crippen molar-refractivity contribution in [1.29, 1.82) is 0 Å². The third-order valence-electron chi connectivity index (χ3n) is 4.20. The SMILES string of the molecule is CC(=O)S.CSCCC(=O)OCC(COC(=O)CCSC)(COC(=O)CCSC)COC(=O)CCSC. The lowest BCUT2D eigenvalue weighted by molar-refractivity contribution is -0.170. The molecule has 0 radical (unpaired) electrons. The predicted octanol–water partition coefficient (Wildman–Crippen LogP) is 3.62. The first-order chi connectivity index (χ1) is 17.6. The maximum absolute atomic E-state index is 12.1. The molecule has 0 aliphatic carbocycles. The van der Waals surface area contributed by atoms with E-state index in [-0.39, 0.29) is 57.2 Å². The van der Waals surface area contributed by atoms with Gasteiger partial charge in [0.1, 0.15) is 31.8 Å². The van der Waals surface area contributed by atoms with Crippen LogP contribution in [0.4, 0.5) is 0 Å². The maximum atomic E-state index is 12.1. The molecule has 37 heavy (non-hydrogen) atoms. The van der Waals surface area contributed by atoms with Crippen molar-refractivity contribution in [2.45, 2.75) is 32.6 Å². The molecule has 0 fully saturated rings. The van der Waals surface area contributed by atoms with E-state index in [1.165, 1.54) is 54.0 Å². The third kappa shape index (κ3) is 25.3. The zero-order valence-electron chi connectivity index (χ0n) is 22.2. The topological polar surface area (TPSA) is 122 Å². The van der Waals surface area contributed by atoms with Gasteiger partial charge in [-0.25, -0.2) is 0 Å². The second kappa shape index (κ2) is 25.6. The van der Waals surface area contributed by atoms with Crippen molar-refractivity contribution < 1.29 is 42.9 Å². The number of carbonyl (C=O) groups is 5. The summed E-state index contributed by atoms with van der Waals surface area (Å²) < 4.78 is 21.6. The number of thioether (sulfide) groups is 4. The molecule has 0 atom stereocenters. The van der Waals surface area contributed by atoms with Gasteiger partial charge < -0.3 is 18.9 Å². The first-order valence-electron chi connectivity index (χ1n) is 11.3. The van der Waals surface area contributed by atoms with Crippen molar-refractivity contribution in [1.82, 2.24) is 0 Å². The standard InChI is InChI=1S/C21H36O8S4.C2H4OS/c1-30-9-5-17(22)26-13-21(14-27-18(23)6-10-31-2,15-28-19(24)7-11-32-3)16-29-20(25)8-12-33-4;1-2(3)4/h5-16H2,1-4H3;1H3,(H,3,4). The van der Waals surface area contributed by atoms with Gasteiger partial charge in [0.05, 0.1) is 25.7 Å². The number of carbonyl (C=O) groups excluding carboxylic acids is 5. The largest absolute Gasteiger partial charge is 0.465 e. The molecule has 0 aliphatic heterocycles. The summed E-state index contributed by atoms with van der Waals surface area (Å²) in [6, 6.07) is 0. The molecular formula is C23H40O9S5. The zero-order chi connectivity index (χ0) is 28.5. The number of rotatable bonds is 20. The van der Waals surface area contributed by atoms with Gasteiger partial charge >= 0.3 is 23.9 Å². The summed E-state index contributed by atoms with van der Waals surface area (Å²) in [5.74, 6) is 0.696. The molecule has 0 N–H and O–H groups in total. The molecular weight excluding hydrogens is 581 g/mol. The molecule has 0 bridgehead atoms. The highest BCUT2D eigenvalue weighted by molar-refractivity contribution is 7.99. The van der Waals surface area contributed by atoms with E-state index in [9.17, 15) is 24.0 Å². The molecule has 14 heteroatoms. The van der Waals surface area contributed by atoms with Gasteiger partial charge in [-0.1, -0.05) is 0 Å². The normalized spacial score (nSPS) is 10.5. The summed E-state index contributed by atoms with van der Waals surface area (Å²) in [6.07, 6.45) is 8.39. The van der Waals surface area contributed by atoms with Gasteiger partial charge in [-0.3, -0.25) is 24.0 Å². The minimum atomic E-state index is -1.19. The molecule has 0 aliphatic rings. The summed E-state index contributed by atoms with van der Waals surface area (Å²) in [6.45, 7) is 0.565. The van der Waals surface area contributed by atoms with Crippen molar-refractivity contribution in [2.24, 2.45) is 5.41 Å². The van der Waals surface area contributed by atoms with Crippen molar-refractivity contribution in [2.75, 3.05) is 74.5 Å². The average Bonchev–Trinajstić information content (AvgIpc) is 2.86. The van der Waals surface area contributed by atoms with Crippen molar-refractivity contribution in [3.63, 3.8) is 0 Å². The molecule has 0 aromatic rings. The number of hydrogen-bond acceptors (Lipinski definition) is 13. The van der Waals surface area contributed by atoms with Crippen LogP contribution in [-0.2, 0) is 42.9 Å². The lowest BCUT2D eigenvalue weighted by atomic mass is 9.92. The Hall–Kier alpha value is -0.700. The van der Waals surface area contributed by atoms with Crippen LogP contribution in [-0.4, -0.2) is 103 Å². The summed E-state index contributed by atoms with van der Waals surface area (Å²) in [4.78, 5) is 57.8. The van der Waals surface area contributed by atoms with Crippen molar-refractivity contribution >= 4 is 88.7 Å². The number of esters is 4. The Labute approximate surface area is 243 Å². The number of ether oxygens (including phenoxy) is 4. The lowest BCUT2D eigenvalue weighted by Crippen LogP contribution is -2.44. The van der Waals surface area contributed by atoms with Crippen LogP contribution in [0.5, 0.6) is 0 Å². The molecule has 0 aromatic heterocycles. The van der Waals surface area contributed by atoms with E-state index in [2.05, 4.69) is 12.6 Å². The number of thiol groups is 1. The molecule has 216 valence electrons. The Bertz CT molecular complexity index is 571.